The average Bonchev–Trinajstić information content (AvgIpc) is 2.71. The standard InChI is InChI=1S/C18H26N2OS/c1-4-20-11(2)12(3)22-17(20)19-16(21)18-8-13-5-14(9-18)7-15(6-13)10-18/h13-15H,4-10H2,1-3H3. The fourth-order valence-corrected chi connectivity index (χ4v) is 6.67. The van der Waals surface area contributed by atoms with Crippen molar-refractivity contribution >= 4 is 17.2 Å². The third-order valence-corrected chi connectivity index (χ3v) is 7.49. The Morgan fingerprint density at radius 3 is 2.23 bits per heavy atom. The van der Waals surface area contributed by atoms with Crippen molar-refractivity contribution < 1.29 is 4.79 Å². The highest BCUT2D eigenvalue weighted by molar-refractivity contribution is 7.09. The normalized spacial score (nSPS) is 37.0. The van der Waals surface area contributed by atoms with E-state index in [1.165, 1.54) is 29.8 Å². The highest BCUT2D eigenvalue weighted by atomic mass is 32.1. The molecule has 5 rings (SSSR count). The second-order valence-corrected chi connectivity index (χ2v) is 9.07. The number of hydrogen-bond acceptors (Lipinski definition) is 2. The summed E-state index contributed by atoms with van der Waals surface area (Å²) in [6, 6.07) is 0. The molecule has 0 unspecified atom stereocenters. The zero-order valence-corrected chi connectivity index (χ0v) is 14.7. The van der Waals surface area contributed by atoms with Gasteiger partial charge < -0.3 is 4.57 Å². The number of hydrogen-bond donors (Lipinski definition) is 0. The molecule has 3 nitrogen and oxygen atoms in total. The van der Waals surface area contributed by atoms with Crippen molar-refractivity contribution in [1.82, 2.24) is 4.57 Å². The number of rotatable bonds is 2. The van der Waals surface area contributed by atoms with Crippen LogP contribution in [0.15, 0.2) is 4.99 Å². The summed E-state index contributed by atoms with van der Waals surface area (Å²) in [6.07, 6.45) is 7.44. The van der Waals surface area contributed by atoms with E-state index in [-0.39, 0.29) is 11.3 Å². The lowest BCUT2D eigenvalue weighted by Gasteiger charge is -2.55. The monoisotopic (exact) mass is 318 g/mol. The molecule has 4 aliphatic carbocycles. The van der Waals surface area contributed by atoms with Crippen LogP contribution in [0.5, 0.6) is 0 Å². The first kappa shape index (κ1) is 14.7. The third kappa shape index (κ3) is 2.14. The molecule has 4 fully saturated rings. The van der Waals surface area contributed by atoms with Crippen LogP contribution in [0.3, 0.4) is 0 Å². The van der Waals surface area contributed by atoms with Gasteiger partial charge >= 0.3 is 0 Å². The molecule has 0 spiro atoms. The van der Waals surface area contributed by atoms with Crippen LogP contribution in [0.1, 0.15) is 56.0 Å². The van der Waals surface area contributed by atoms with Crippen molar-refractivity contribution in [2.75, 3.05) is 0 Å². The summed E-state index contributed by atoms with van der Waals surface area (Å²) in [5.74, 6) is 2.59. The summed E-state index contributed by atoms with van der Waals surface area (Å²) in [5, 5.41) is 0. The van der Waals surface area contributed by atoms with E-state index in [9.17, 15) is 4.79 Å². The molecule has 4 bridgehead atoms. The Hall–Kier alpha value is -0.900. The van der Waals surface area contributed by atoms with Gasteiger partial charge in [0, 0.05) is 17.1 Å². The molecule has 0 atom stereocenters. The Balaban J connectivity index is 1.71. The summed E-state index contributed by atoms with van der Waals surface area (Å²) in [7, 11) is 0. The fraction of sp³-hybridized carbons (Fsp3) is 0.778. The smallest absolute Gasteiger partial charge is 0.254 e. The maximum atomic E-state index is 13.1. The quantitative estimate of drug-likeness (QED) is 0.816. The van der Waals surface area contributed by atoms with E-state index in [0.29, 0.717) is 0 Å². The molecule has 4 aliphatic rings. The molecule has 4 saturated carbocycles. The van der Waals surface area contributed by atoms with Crippen molar-refractivity contribution in [3.05, 3.63) is 15.4 Å². The van der Waals surface area contributed by atoms with Crippen molar-refractivity contribution in [2.45, 2.75) is 65.8 Å². The Kier molecular flexibility index (Phi) is 3.37. The zero-order valence-electron chi connectivity index (χ0n) is 13.9. The number of carbonyl (C=O) groups excluding carboxylic acids is 1. The van der Waals surface area contributed by atoms with Crippen LogP contribution >= 0.6 is 11.3 Å². The number of aromatic nitrogens is 1. The van der Waals surface area contributed by atoms with Crippen LogP contribution in [-0.2, 0) is 11.3 Å². The first-order valence-electron chi connectivity index (χ1n) is 8.77. The number of carbonyl (C=O) groups is 1. The van der Waals surface area contributed by atoms with E-state index in [1.807, 2.05) is 0 Å². The molecule has 1 aromatic heterocycles. The fourth-order valence-electron chi connectivity index (χ4n) is 5.63. The topological polar surface area (TPSA) is 34.4 Å². The van der Waals surface area contributed by atoms with Crippen LogP contribution < -0.4 is 4.80 Å². The average molecular weight is 318 g/mol. The Morgan fingerprint density at radius 2 is 1.73 bits per heavy atom. The van der Waals surface area contributed by atoms with Gasteiger partial charge in [-0.2, -0.15) is 4.99 Å². The number of aryl methyl sites for hydroxylation is 1. The molecule has 0 aliphatic heterocycles. The van der Waals surface area contributed by atoms with Gasteiger partial charge in [0.2, 0.25) is 0 Å². The third-order valence-electron chi connectivity index (χ3n) is 6.39. The molecule has 0 N–H and O–H groups in total. The summed E-state index contributed by atoms with van der Waals surface area (Å²) < 4.78 is 2.19. The second-order valence-electron chi connectivity index (χ2n) is 7.89. The summed E-state index contributed by atoms with van der Waals surface area (Å²) in [4.78, 5) is 19.9. The molecule has 22 heavy (non-hydrogen) atoms. The van der Waals surface area contributed by atoms with E-state index < -0.39 is 0 Å². The molecular weight excluding hydrogens is 292 g/mol. The van der Waals surface area contributed by atoms with Gasteiger partial charge in [0.25, 0.3) is 5.91 Å². The number of thiazole rings is 1. The van der Waals surface area contributed by atoms with Crippen molar-refractivity contribution in [3.8, 4) is 0 Å². The van der Waals surface area contributed by atoms with E-state index in [2.05, 4.69) is 30.3 Å². The Labute approximate surface area is 136 Å². The largest absolute Gasteiger partial charge is 0.321 e. The van der Waals surface area contributed by atoms with Crippen LogP contribution in [0.2, 0.25) is 0 Å². The first-order chi connectivity index (χ1) is 10.5. The highest BCUT2D eigenvalue weighted by Gasteiger charge is 2.54. The van der Waals surface area contributed by atoms with Gasteiger partial charge in [0.15, 0.2) is 4.80 Å². The van der Waals surface area contributed by atoms with E-state index in [1.54, 1.807) is 11.3 Å². The van der Waals surface area contributed by atoms with Crippen LogP contribution in [0.25, 0.3) is 0 Å². The van der Waals surface area contributed by atoms with Gasteiger partial charge in [-0.05, 0) is 77.0 Å². The Bertz CT molecular complexity index is 646. The minimum Gasteiger partial charge on any atom is -0.321 e. The van der Waals surface area contributed by atoms with Gasteiger partial charge in [0.1, 0.15) is 0 Å². The lowest BCUT2D eigenvalue weighted by atomic mass is 9.49. The highest BCUT2D eigenvalue weighted by Crippen LogP contribution is 2.60. The van der Waals surface area contributed by atoms with Gasteiger partial charge in [0.05, 0.1) is 5.41 Å². The predicted octanol–water partition coefficient (Wildman–Crippen LogP) is 3.83. The predicted molar refractivity (Wildman–Crippen MR) is 88.6 cm³/mol. The number of amides is 1. The molecule has 120 valence electrons. The van der Waals surface area contributed by atoms with Crippen molar-refractivity contribution in [3.63, 3.8) is 0 Å². The Morgan fingerprint density at radius 1 is 1.18 bits per heavy atom. The molecule has 1 amide bonds. The minimum absolute atomic E-state index is 0.105. The maximum absolute atomic E-state index is 13.1. The zero-order chi connectivity index (χ0) is 15.5. The van der Waals surface area contributed by atoms with E-state index in [4.69, 9.17) is 0 Å². The summed E-state index contributed by atoms with van der Waals surface area (Å²) in [6.45, 7) is 7.28. The molecule has 0 radical (unpaired) electrons. The first-order valence-corrected chi connectivity index (χ1v) is 9.58. The summed E-state index contributed by atoms with van der Waals surface area (Å²) in [5.41, 5.74) is 1.15. The molecule has 4 heteroatoms. The second kappa shape index (κ2) is 5.05. The van der Waals surface area contributed by atoms with Crippen LogP contribution in [-0.4, -0.2) is 10.5 Å². The van der Waals surface area contributed by atoms with E-state index in [0.717, 1.165) is 48.4 Å². The molecular formula is C18H26N2OS. The van der Waals surface area contributed by atoms with Gasteiger partial charge in [-0.25, -0.2) is 0 Å². The van der Waals surface area contributed by atoms with Gasteiger partial charge in [-0.3, -0.25) is 4.79 Å². The van der Waals surface area contributed by atoms with Crippen molar-refractivity contribution in [2.24, 2.45) is 28.2 Å². The van der Waals surface area contributed by atoms with Crippen LogP contribution in [0.4, 0.5) is 0 Å². The van der Waals surface area contributed by atoms with E-state index >= 15 is 0 Å². The van der Waals surface area contributed by atoms with Gasteiger partial charge in [-0.15, -0.1) is 11.3 Å². The molecule has 0 saturated heterocycles. The van der Waals surface area contributed by atoms with Gasteiger partial charge in [-0.1, -0.05) is 0 Å². The number of nitrogens with zero attached hydrogens (tertiary/aromatic N) is 2. The van der Waals surface area contributed by atoms with Crippen LogP contribution in [0, 0.1) is 37.0 Å². The lowest BCUT2D eigenvalue weighted by molar-refractivity contribution is -0.142. The SMILES string of the molecule is CCn1c(C)c(C)sc1=NC(=O)C12CC3CC(CC(C3)C1)C2. The molecule has 1 aromatic rings. The molecule has 1 heterocycles. The lowest BCUT2D eigenvalue weighted by Crippen LogP contribution is -2.49. The maximum Gasteiger partial charge on any atom is 0.254 e. The van der Waals surface area contributed by atoms with Crippen molar-refractivity contribution in [1.29, 1.82) is 0 Å². The molecule has 0 aromatic carbocycles. The minimum atomic E-state index is -0.105. The summed E-state index contributed by atoms with van der Waals surface area (Å²) >= 11 is 1.67.